The van der Waals surface area contributed by atoms with Gasteiger partial charge in [-0.05, 0) is 38.1 Å². The van der Waals surface area contributed by atoms with Crippen LogP contribution >= 0.6 is 11.6 Å². The molecule has 0 radical (unpaired) electrons. The van der Waals surface area contributed by atoms with Crippen LogP contribution in [0.1, 0.15) is 18.5 Å². The van der Waals surface area contributed by atoms with Gasteiger partial charge in [0.05, 0.1) is 6.20 Å². The molecule has 26 heavy (non-hydrogen) atoms. The van der Waals surface area contributed by atoms with Gasteiger partial charge < -0.3 is 9.42 Å². The third-order valence-electron chi connectivity index (χ3n) is 4.94. The van der Waals surface area contributed by atoms with E-state index in [-0.39, 0.29) is 5.82 Å². The Kier molecular flexibility index (Phi) is 4.74. The molecule has 0 bridgehead atoms. The third kappa shape index (κ3) is 3.37. The van der Waals surface area contributed by atoms with Crippen molar-refractivity contribution in [2.45, 2.75) is 25.4 Å². The summed E-state index contributed by atoms with van der Waals surface area (Å²) >= 11 is 6.09. The number of aromatic nitrogens is 3. The molecule has 0 aliphatic carbocycles. The van der Waals surface area contributed by atoms with E-state index in [0.717, 1.165) is 42.6 Å². The summed E-state index contributed by atoms with van der Waals surface area (Å²) in [6.07, 6.45) is 4.45. The van der Waals surface area contributed by atoms with E-state index in [9.17, 15) is 4.39 Å². The average molecular weight is 376 g/mol. The summed E-state index contributed by atoms with van der Waals surface area (Å²) in [5.41, 5.74) is 1.63. The van der Waals surface area contributed by atoms with E-state index in [1.54, 1.807) is 6.07 Å². The van der Waals surface area contributed by atoms with Gasteiger partial charge in [0.1, 0.15) is 12.0 Å². The number of hydrogen-bond donors (Lipinski definition) is 0. The number of fused-ring (bicyclic) bond motifs is 1. The Hall–Kier alpha value is -2.25. The van der Waals surface area contributed by atoms with E-state index >= 15 is 0 Å². The molecule has 0 saturated carbocycles. The van der Waals surface area contributed by atoms with Gasteiger partial charge in [-0.15, -0.1) is 0 Å². The number of hydrogen-bond acceptors (Lipinski definition) is 6. The van der Waals surface area contributed by atoms with Crippen LogP contribution in [-0.4, -0.2) is 46.2 Å². The molecule has 0 amide bonds. The lowest BCUT2D eigenvalue weighted by atomic mass is 10.0. The zero-order valence-corrected chi connectivity index (χ0v) is 15.2. The average Bonchev–Trinajstić information content (AvgIpc) is 3.04. The lowest BCUT2D eigenvalue weighted by Gasteiger charge is -2.37. The van der Waals surface area contributed by atoms with Gasteiger partial charge in [-0.3, -0.25) is 4.90 Å². The number of rotatable bonds is 4. The second kappa shape index (κ2) is 7.17. The zero-order chi connectivity index (χ0) is 18.1. The molecule has 1 aliphatic heterocycles. The molecule has 1 saturated heterocycles. The highest BCUT2D eigenvalue weighted by molar-refractivity contribution is 6.31. The molecule has 1 aromatic carbocycles. The van der Waals surface area contributed by atoms with Crippen molar-refractivity contribution in [3.8, 4) is 0 Å². The standard InChI is InChI=1S/C18H19ClFN5O/c1-24(10-16-14-8-12(19)2-3-17(14)26-23-16)13-4-6-25(7-5-13)18-15(20)9-21-11-22-18/h2-3,8-9,11,13H,4-7,10H2,1H3. The fourth-order valence-corrected chi connectivity index (χ4v) is 3.67. The molecule has 6 nitrogen and oxygen atoms in total. The first-order valence-electron chi connectivity index (χ1n) is 8.56. The van der Waals surface area contributed by atoms with Gasteiger partial charge in [0, 0.05) is 36.1 Å². The summed E-state index contributed by atoms with van der Waals surface area (Å²) in [5.74, 6) is 0.0171. The minimum atomic E-state index is -0.370. The van der Waals surface area contributed by atoms with Crippen molar-refractivity contribution in [1.29, 1.82) is 0 Å². The number of benzene rings is 1. The van der Waals surface area contributed by atoms with E-state index in [1.165, 1.54) is 12.5 Å². The first kappa shape index (κ1) is 17.2. The highest BCUT2D eigenvalue weighted by atomic mass is 35.5. The van der Waals surface area contributed by atoms with Crippen molar-refractivity contribution in [3.63, 3.8) is 0 Å². The van der Waals surface area contributed by atoms with Gasteiger partial charge in [-0.25, -0.2) is 14.4 Å². The zero-order valence-electron chi connectivity index (χ0n) is 14.4. The molecule has 0 spiro atoms. The van der Waals surface area contributed by atoms with E-state index in [4.69, 9.17) is 16.1 Å². The fraction of sp³-hybridized carbons (Fsp3) is 0.389. The van der Waals surface area contributed by atoms with Crippen LogP contribution in [0.4, 0.5) is 10.2 Å². The Balaban J connectivity index is 1.41. The van der Waals surface area contributed by atoms with Crippen molar-refractivity contribution in [1.82, 2.24) is 20.0 Å². The van der Waals surface area contributed by atoms with Gasteiger partial charge in [-0.1, -0.05) is 16.8 Å². The van der Waals surface area contributed by atoms with Gasteiger partial charge in [-0.2, -0.15) is 0 Å². The Morgan fingerprint density at radius 2 is 2.15 bits per heavy atom. The second-order valence-electron chi connectivity index (χ2n) is 6.60. The normalized spacial score (nSPS) is 15.9. The molecular weight excluding hydrogens is 357 g/mol. The molecule has 0 atom stereocenters. The first-order valence-corrected chi connectivity index (χ1v) is 8.94. The van der Waals surface area contributed by atoms with E-state index in [2.05, 4.69) is 27.1 Å². The van der Waals surface area contributed by atoms with Crippen LogP contribution < -0.4 is 4.90 Å². The van der Waals surface area contributed by atoms with Crippen LogP contribution in [0.5, 0.6) is 0 Å². The maximum absolute atomic E-state index is 13.9. The number of piperidine rings is 1. The lowest BCUT2D eigenvalue weighted by molar-refractivity contribution is 0.195. The molecular formula is C18H19ClFN5O. The first-order chi connectivity index (χ1) is 12.6. The van der Waals surface area contributed by atoms with Crippen molar-refractivity contribution < 1.29 is 8.91 Å². The van der Waals surface area contributed by atoms with Crippen LogP contribution in [0.25, 0.3) is 11.0 Å². The van der Waals surface area contributed by atoms with Crippen molar-refractivity contribution in [2.75, 3.05) is 25.0 Å². The van der Waals surface area contributed by atoms with Crippen LogP contribution in [0.2, 0.25) is 5.02 Å². The molecule has 0 unspecified atom stereocenters. The Bertz CT molecular complexity index is 909. The quantitative estimate of drug-likeness (QED) is 0.695. The molecule has 2 aromatic heterocycles. The molecule has 8 heteroatoms. The van der Waals surface area contributed by atoms with Gasteiger partial charge in [0.15, 0.2) is 17.2 Å². The van der Waals surface area contributed by atoms with Crippen LogP contribution in [0.3, 0.4) is 0 Å². The molecule has 1 fully saturated rings. The largest absolute Gasteiger partial charge is 0.356 e. The van der Waals surface area contributed by atoms with Gasteiger partial charge in [0.25, 0.3) is 0 Å². The number of anilines is 1. The molecule has 0 N–H and O–H groups in total. The smallest absolute Gasteiger partial charge is 0.183 e. The number of nitrogens with zero attached hydrogens (tertiary/aromatic N) is 5. The van der Waals surface area contributed by atoms with Crippen LogP contribution in [-0.2, 0) is 6.54 Å². The second-order valence-corrected chi connectivity index (χ2v) is 7.03. The van der Waals surface area contributed by atoms with E-state index in [1.807, 2.05) is 17.0 Å². The summed E-state index contributed by atoms with van der Waals surface area (Å²) in [7, 11) is 2.08. The van der Waals surface area contributed by atoms with Crippen LogP contribution in [0, 0.1) is 5.82 Å². The summed E-state index contributed by atoms with van der Waals surface area (Å²) < 4.78 is 19.2. The highest BCUT2D eigenvalue weighted by Crippen LogP contribution is 2.26. The minimum absolute atomic E-state index is 0.370. The van der Waals surface area contributed by atoms with Crippen LogP contribution in [0.15, 0.2) is 35.2 Å². The Morgan fingerprint density at radius 3 is 2.92 bits per heavy atom. The summed E-state index contributed by atoms with van der Waals surface area (Å²) in [6, 6.07) is 5.91. The topological polar surface area (TPSA) is 58.3 Å². The maximum Gasteiger partial charge on any atom is 0.183 e. The fourth-order valence-electron chi connectivity index (χ4n) is 3.50. The predicted molar refractivity (Wildman–Crippen MR) is 97.7 cm³/mol. The molecule has 1 aliphatic rings. The van der Waals surface area contributed by atoms with Crippen molar-refractivity contribution >= 4 is 28.4 Å². The molecule has 136 valence electrons. The van der Waals surface area contributed by atoms with Crippen molar-refractivity contribution in [3.05, 3.63) is 47.3 Å². The lowest BCUT2D eigenvalue weighted by Crippen LogP contribution is -2.43. The summed E-state index contributed by atoms with van der Waals surface area (Å²) in [6.45, 7) is 2.20. The SMILES string of the molecule is CN(Cc1noc2ccc(Cl)cc12)C1CCN(c2ncncc2F)CC1. The summed E-state index contributed by atoms with van der Waals surface area (Å²) in [4.78, 5) is 12.0. The summed E-state index contributed by atoms with van der Waals surface area (Å²) in [5, 5.41) is 5.81. The minimum Gasteiger partial charge on any atom is -0.356 e. The monoisotopic (exact) mass is 375 g/mol. The highest BCUT2D eigenvalue weighted by Gasteiger charge is 2.25. The third-order valence-corrected chi connectivity index (χ3v) is 5.18. The van der Waals surface area contributed by atoms with Gasteiger partial charge >= 0.3 is 0 Å². The number of halogens is 2. The Morgan fingerprint density at radius 1 is 1.35 bits per heavy atom. The van der Waals surface area contributed by atoms with Gasteiger partial charge in [0.2, 0.25) is 0 Å². The van der Waals surface area contributed by atoms with Crippen molar-refractivity contribution in [2.24, 2.45) is 0 Å². The molecule has 3 heterocycles. The predicted octanol–water partition coefficient (Wildman–Crippen LogP) is 3.51. The molecule has 4 rings (SSSR count). The van der Waals surface area contributed by atoms with E-state index in [0.29, 0.717) is 23.4 Å². The van der Waals surface area contributed by atoms with E-state index < -0.39 is 0 Å². The Labute approximate surface area is 155 Å². The molecule has 3 aromatic rings. The maximum atomic E-state index is 13.9.